The fourth-order valence-corrected chi connectivity index (χ4v) is 3.74. The van der Waals surface area contributed by atoms with Gasteiger partial charge in [0.25, 0.3) is 0 Å². The average molecular weight is 356 g/mol. The fraction of sp³-hybridized carbons (Fsp3) is 0.250. The molecule has 0 saturated carbocycles. The van der Waals surface area contributed by atoms with Crippen molar-refractivity contribution in [2.24, 2.45) is 7.05 Å². The van der Waals surface area contributed by atoms with Crippen LogP contribution in [0.15, 0.2) is 47.0 Å². The Morgan fingerprint density at radius 1 is 1.07 bits per heavy atom. The van der Waals surface area contributed by atoms with Gasteiger partial charge in [0.2, 0.25) is 11.4 Å². The molecule has 4 aromatic rings. The first kappa shape index (κ1) is 16.1. The van der Waals surface area contributed by atoms with Crippen LogP contribution in [-0.4, -0.2) is 0 Å². The first-order valence-corrected chi connectivity index (χ1v) is 9.06. The molecule has 2 aromatic heterocycles. The van der Waals surface area contributed by atoms with Crippen molar-refractivity contribution in [3.8, 4) is 11.3 Å². The Labute approximate surface area is 161 Å². The highest BCUT2D eigenvalue weighted by molar-refractivity contribution is 6.13. The zero-order valence-corrected chi connectivity index (χ0v) is 16.3. The zero-order chi connectivity index (χ0) is 20.2. The molecule has 3 heteroatoms. The van der Waals surface area contributed by atoms with Crippen molar-refractivity contribution in [3.63, 3.8) is 0 Å². The molecule has 0 spiro atoms. The van der Waals surface area contributed by atoms with Crippen LogP contribution in [0.1, 0.15) is 37.8 Å². The number of hydrogen-bond donors (Lipinski definition) is 0. The number of pyridine rings is 1. The van der Waals surface area contributed by atoms with Gasteiger partial charge in [-0.25, -0.2) is 9.41 Å². The molecule has 0 atom stereocenters. The number of furan rings is 1. The molecule has 27 heavy (non-hydrogen) atoms. The first-order chi connectivity index (χ1) is 13.2. The maximum atomic E-state index is 8.40. The van der Waals surface area contributed by atoms with E-state index in [-0.39, 0.29) is 0 Å². The molecule has 0 aliphatic heterocycles. The molecular formula is C24H23N2O+. The topological polar surface area (TPSA) is 21.4 Å². The molecule has 3 nitrogen and oxygen atoms in total. The molecule has 0 unspecified atom stereocenters. The lowest BCUT2D eigenvalue weighted by Gasteiger charge is -2.07. The van der Waals surface area contributed by atoms with Gasteiger partial charge in [0.15, 0.2) is 6.20 Å². The summed E-state index contributed by atoms with van der Waals surface area (Å²) >= 11 is 0. The van der Waals surface area contributed by atoms with E-state index in [0.29, 0.717) is 16.8 Å². The predicted octanol–water partition coefficient (Wildman–Crippen LogP) is 6.37. The highest BCUT2D eigenvalue weighted by Gasteiger charge is 2.23. The molecule has 4 rings (SSSR count). The van der Waals surface area contributed by atoms with E-state index >= 15 is 0 Å². The van der Waals surface area contributed by atoms with Crippen LogP contribution < -0.4 is 4.57 Å². The lowest BCUT2D eigenvalue weighted by atomic mass is 9.97. The second-order valence-corrected chi connectivity index (χ2v) is 7.39. The lowest BCUT2D eigenvalue weighted by molar-refractivity contribution is -0.660. The second-order valence-electron chi connectivity index (χ2n) is 7.39. The van der Waals surface area contributed by atoms with Crippen LogP contribution in [0.5, 0.6) is 0 Å². The van der Waals surface area contributed by atoms with Crippen LogP contribution in [0, 0.1) is 20.4 Å². The van der Waals surface area contributed by atoms with Gasteiger partial charge in [-0.3, -0.25) is 0 Å². The first-order valence-electron chi connectivity index (χ1n) is 9.56. The number of rotatable bonds is 2. The van der Waals surface area contributed by atoms with E-state index in [4.69, 9.17) is 12.4 Å². The largest absolute Gasteiger partial charge is 0.466 e. The van der Waals surface area contributed by atoms with Crippen molar-refractivity contribution in [2.75, 3.05) is 0 Å². The number of hydrogen-bond acceptors (Lipinski definition) is 1. The summed E-state index contributed by atoms with van der Waals surface area (Å²) in [5.74, 6) is -0.866. The highest BCUT2D eigenvalue weighted by Crippen LogP contribution is 2.43. The lowest BCUT2D eigenvalue weighted by Crippen LogP contribution is -2.30. The van der Waals surface area contributed by atoms with Crippen LogP contribution in [-0.2, 0) is 7.05 Å². The average Bonchev–Trinajstić information content (AvgIpc) is 3.01. The van der Waals surface area contributed by atoms with Gasteiger partial charge in [0, 0.05) is 24.3 Å². The van der Waals surface area contributed by atoms with E-state index in [9.17, 15) is 0 Å². The third-order valence-electron chi connectivity index (χ3n) is 5.20. The van der Waals surface area contributed by atoms with E-state index in [2.05, 4.69) is 53.7 Å². The van der Waals surface area contributed by atoms with Crippen molar-refractivity contribution in [2.45, 2.75) is 33.6 Å². The van der Waals surface area contributed by atoms with Crippen molar-refractivity contribution in [3.05, 3.63) is 70.7 Å². The molecule has 0 fully saturated rings. The standard InChI is InChI=1S/C24H23N2O/c1-14(2)17-9-10-19-18-8-7-16(4)21(20-13-15(3)11-12-26(20)6)23(18)27-24(19)22(17)25-5/h7-14H,1-4,6H3/q+1/i14D. The number of fused-ring (bicyclic) bond motifs is 3. The summed E-state index contributed by atoms with van der Waals surface area (Å²) in [6, 6.07) is 12.3. The SMILES string of the molecule is [2H]C(C)(C)c1ccc2c(oc3c(-c4cc(C)cc[n+]4C)c(C)ccc32)c1[N+]#[C-]. The molecule has 0 saturated heterocycles. The van der Waals surface area contributed by atoms with Crippen LogP contribution in [0.3, 0.4) is 0 Å². The van der Waals surface area contributed by atoms with Crippen molar-refractivity contribution >= 4 is 27.6 Å². The summed E-state index contributed by atoms with van der Waals surface area (Å²) in [7, 11) is 2.03. The Bertz CT molecular complexity index is 1290. The van der Waals surface area contributed by atoms with E-state index in [0.717, 1.165) is 33.2 Å². The van der Waals surface area contributed by atoms with Crippen LogP contribution in [0.4, 0.5) is 5.69 Å². The molecule has 0 radical (unpaired) electrons. The third kappa shape index (κ3) is 2.61. The summed E-state index contributed by atoms with van der Waals surface area (Å²) in [5.41, 5.74) is 6.92. The van der Waals surface area contributed by atoms with Crippen molar-refractivity contribution in [1.82, 2.24) is 0 Å². The number of nitrogens with zero attached hydrogens (tertiary/aromatic N) is 2. The molecule has 0 bridgehead atoms. The zero-order valence-electron chi connectivity index (χ0n) is 17.3. The summed E-state index contributed by atoms with van der Waals surface area (Å²) in [6.07, 6.45) is 2.05. The Balaban J connectivity index is 2.16. The minimum absolute atomic E-state index is 0.436. The molecule has 0 N–H and O–H groups in total. The van der Waals surface area contributed by atoms with Gasteiger partial charge in [-0.05, 0) is 36.4 Å². The summed E-state index contributed by atoms with van der Waals surface area (Å²) < 4.78 is 16.9. The Morgan fingerprint density at radius 2 is 1.78 bits per heavy atom. The predicted molar refractivity (Wildman–Crippen MR) is 110 cm³/mol. The number of aryl methyl sites for hydroxylation is 3. The summed E-state index contributed by atoms with van der Waals surface area (Å²) in [4.78, 5) is 3.75. The normalized spacial score (nSPS) is 12.4. The van der Waals surface area contributed by atoms with Gasteiger partial charge in [0.05, 0.1) is 12.1 Å². The molecular weight excluding hydrogens is 332 g/mol. The Kier molecular flexibility index (Phi) is 3.72. The van der Waals surface area contributed by atoms with Crippen LogP contribution in [0.25, 0.3) is 38.0 Å². The van der Waals surface area contributed by atoms with E-state index < -0.39 is 5.89 Å². The Hall–Kier alpha value is -3.12. The maximum absolute atomic E-state index is 8.40. The van der Waals surface area contributed by atoms with E-state index in [1.807, 2.05) is 19.2 Å². The maximum Gasteiger partial charge on any atom is 0.232 e. The van der Waals surface area contributed by atoms with E-state index in [1.165, 1.54) is 5.56 Å². The van der Waals surface area contributed by atoms with Crippen LogP contribution >= 0.6 is 0 Å². The van der Waals surface area contributed by atoms with Gasteiger partial charge < -0.3 is 4.42 Å². The molecule has 0 amide bonds. The fourth-order valence-electron chi connectivity index (χ4n) is 3.74. The summed E-state index contributed by atoms with van der Waals surface area (Å²) in [5, 5.41) is 1.92. The smallest absolute Gasteiger partial charge is 0.232 e. The minimum atomic E-state index is -0.866. The van der Waals surface area contributed by atoms with Crippen molar-refractivity contribution in [1.29, 1.82) is 0 Å². The van der Waals surface area contributed by atoms with Crippen molar-refractivity contribution < 1.29 is 10.4 Å². The molecule has 134 valence electrons. The van der Waals surface area contributed by atoms with Gasteiger partial charge in [-0.15, -0.1) is 0 Å². The Morgan fingerprint density at radius 3 is 2.48 bits per heavy atom. The highest BCUT2D eigenvalue weighted by atomic mass is 16.3. The molecule has 0 aliphatic carbocycles. The quantitative estimate of drug-likeness (QED) is 0.302. The number of benzene rings is 2. The van der Waals surface area contributed by atoms with Crippen LogP contribution in [0.2, 0.25) is 0 Å². The minimum Gasteiger partial charge on any atom is -0.466 e. The van der Waals surface area contributed by atoms with Gasteiger partial charge in [0.1, 0.15) is 18.2 Å². The molecule has 0 aliphatic rings. The van der Waals surface area contributed by atoms with Gasteiger partial charge >= 0.3 is 0 Å². The molecule has 2 aromatic carbocycles. The molecule has 2 heterocycles. The number of aromatic nitrogens is 1. The third-order valence-corrected chi connectivity index (χ3v) is 5.20. The van der Waals surface area contributed by atoms with Gasteiger partial charge in [-0.2, -0.15) is 0 Å². The second kappa shape index (κ2) is 6.25. The summed E-state index contributed by atoms with van der Waals surface area (Å²) in [6.45, 7) is 15.5. The van der Waals surface area contributed by atoms with E-state index in [1.54, 1.807) is 13.8 Å². The van der Waals surface area contributed by atoms with Gasteiger partial charge in [-0.1, -0.05) is 38.1 Å². The monoisotopic (exact) mass is 356 g/mol.